The van der Waals surface area contributed by atoms with Crippen LogP contribution in [0.25, 0.3) is 0 Å². The van der Waals surface area contributed by atoms with Crippen LogP contribution in [0.4, 0.5) is 4.39 Å². The second kappa shape index (κ2) is 4.61. The molecule has 0 fully saturated rings. The molecule has 0 atom stereocenters. The van der Waals surface area contributed by atoms with Crippen molar-refractivity contribution in [1.82, 2.24) is 10.3 Å². The molecular formula is C12H11FN2O. The van der Waals surface area contributed by atoms with Gasteiger partial charge in [0.25, 0.3) is 5.91 Å². The molecule has 1 aromatic heterocycles. The van der Waals surface area contributed by atoms with Gasteiger partial charge in [0.2, 0.25) is 0 Å². The molecule has 3 nitrogen and oxygen atoms in total. The van der Waals surface area contributed by atoms with Crippen molar-refractivity contribution in [2.45, 2.75) is 6.54 Å². The van der Waals surface area contributed by atoms with Crippen LogP contribution >= 0.6 is 0 Å². The molecule has 2 aromatic rings. The second-order valence-electron chi connectivity index (χ2n) is 3.41. The number of H-pyrrole nitrogens is 1. The SMILES string of the molecule is O=C(NCc1cc[nH]c1)c1ccc(F)cc1. The molecule has 2 N–H and O–H groups in total. The van der Waals surface area contributed by atoms with Gasteiger partial charge in [0.15, 0.2) is 0 Å². The summed E-state index contributed by atoms with van der Waals surface area (Å²) in [5, 5.41) is 2.74. The van der Waals surface area contributed by atoms with E-state index in [4.69, 9.17) is 0 Å². The van der Waals surface area contributed by atoms with Gasteiger partial charge in [-0.05, 0) is 35.9 Å². The minimum atomic E-state index is -0.345. The number of carbonyl (C=O) groups excluding carboxylic acids is 1. The third kappa shape index (κ3) is 2.48. The van der Waals surface area contributed by atoms with Crippen LogP contribution in [0.5, 0.6) is 0 Å². The van der Waals surface area contributed by atoms with Gasteiger partial charge in [-0.2, -0.15) is 0 Å². The first kappa shape index (κ1) is 10.4. The van der Waals surface area contributed by atoms with Gasteiger partial charge >= 0.3 is 0 Å². The summed E-state index contributed by atoms with van der Waals surface area (Å²) in [7, 11) is 0. The topological polar surface area (TPSA) is 44.9 Å². The minimum Gasteiger partial charge on any atom is -0.367 e. The number of carbonyl (C=O) groups is 1. The molecule has 0 aliphatic heterocycles. The molecule has 16 heavy (non-hydrogen) atoms. The maximum absolute atomic E-state index is 12.6. The van der Waals surface area contributed by atoms with Crippen molar-refractivity contribution in [3.63, 3.8) is 0 Å². The van der Waals surface area contributed by atoms with Gasteiger partial charge < -0.3 is 10.3 Å². The number of benzene rings is 1. The van der Waals surface area contributed by atoms with Crippen molar-refractivity contribution >= 4 is 5.91 Å². The van der Waals surface area contributed by atoms with E-state index in [1.807, 2.05) is 12.3 Å². The molecule has 1 aromatic carbocycles. The van der Waals surface area contributed by atoms with E-state index >= 15 is 0 Å². The summed E-state index contributed by atoms with van der Waals surface area (Å²) < 4.78 is 12.6. The first-order chi connectivity index (χ1) is 7.75. The highest BCUT2D eigenvalue weighted by Gasteiger charge is 2.04. The van der Waals surface area contributed by atoms with Crippen LogP contribution in [0.3, 0.4) is 0 Å². The fourth-order valence-electron chi connectivity index (χ4n) is 1.35. The van der Waals surface area contributed by atoms with Gasteiger partial charge in [-0.25, -0.2) is 4.39 Å². The highest BCUT2D eigenvalue weighted by molar-refractivity contribution is 5.94. The van der Waals surface area contributed by atoms with E-state index < -0.39 is 0 Å². The Kier molecular flexibility index (Phi) is 3.00. The molecule has 82 valence electrons. The summed E-state index contributed by atoms with van der Waals surface area (Å²) in [6.45, 7) is 0.458. The van der Waals surface area contributed by atoms with Gasteiger partial charge in [-0.1, -0.05) is 0 Å². The molecule has 0 saturated carbocycles. The predicted octanol–water partition coefficient (Wildman–Crippen LogP) is 2.08. The predicted molar refractivity (Wildman–Crippen MR) is 58.4 cm³/mol. The Morgan fingerprint density at radius 2 is 2.00 bits per heavy atom. The van der Waals surface area contributed by atoms with Gasteiger partial charge in [0.05, 0.1) is 0 Å². The first-order valence-electron chi connectivity index (χ1n) is 4.91. The number of hydrogen-bond donors (Lipinski definition) is 2. The first-order valence-corrected chi connectivity index (χ1v) is 4.91. The Bertz CT molecular complexity index is 462. The van der Waals surface area contributed by atoms with Gasteiger partial charge in [0, 0.05) is 24.5 Å². The normalized spacial score (nSPS) is 10.1. The molecule has 0 aliphatic carbocycles. The molecule has 0 spiro atoms. The van der Waals surface area contributed by atoms with Crippen LogP contribution in [0, 0.1) is 5.82 Å². The van der Waals surface area contributed by atoms with Gasteiger partial charge in [0.1, 0.15) is 5.82 Å². The standard InChI is InChI=1S/C12H11FN2O/c13-11-3-1-10(2-4-11)12(16)15-8-9-5-6-14-7-9/h1-7,14H,8H2,(H,15,16). The Balaban J connectivity index is 1.95. The Labute approximate surface area is 92.3 Å². The monoisotopic (exact) mass is 218 g/mol. The average Bonchev–Trinajstić information content (AvgIpc) is 2.80. The fourth-order valence-corrected chi connectivity index (χ4v) is 1.35. The third-order valence-corrected chi connectivity index (χ3v) is 2.22. The third-order valence-electron chi connectivity index (χ3n) is 2.22. The highest BCUT2D eigenvalue weighted by Crippen LogP contribution is 2.03. The molecule has 0 bridgehead atoms. The molecule has 1 amide bonds. The lowest BCUT2D eigenvalue weighted by atomic mass is 10.2. The highest BCUT2D eigenvalue weighted by atomic mass is 19.1. The summed E-state index contributed by atoms with van der Waals surface area (Å²) in [4.78, 5) is 14.5. The summed E-state index contributed by atoms with van der Waals surface area (Å²) in [6.07, 6.45) is 3.60. The number of hydrogen-bond acceptors (Lipinski definition) is 1. The maximum atomic E-state index is 12.6. The van der Waals surface area contributed by atoms with E-state index in [0.717, 1.165) is 5.56 Å². The van der Waals surface area contributed by atoms with Gasteiger partial charge in [-0.3, -0.25) is 4.79 Å². The van der Waals surface area contributed by atoms with Crippen molar-refractivity contribution in [3.05, 3.63) is 59.7 Å². The lowest BCUT2D eigenvalue weighted by molar-refractivity contribution is 0.0951. The van der Waals surface area contributed by atoms with E-state index in [9.17, 15) is 9.18 Å². The van der Waals surface area contributed by atoms with Crippen molar-refractivity contribution in [1.29, 1.82) is 0 Å². The molecular weight excluding hydrogens is 207 g/mol. The van der Waals surface area contributed by atoms with E-state index in [0.29, 0.717) is 12.1 Å². The van der Waals surface area contributed by atoms with Crippen LogP contribution in [0.1, 0.15) is 15.9 Å². The zero-order chi connectivity index (χ0) is 11.4. The average molecular weight is 218 g/mol. The second-order valence-corrected chi connectivity index (χ2v) is 3.41. The number of halogens is 1. The van der Waals surface area contributed by atoms with Crippen molar-refractivity contribution in [2.75, 3.05) is 0 Å². The van der Waals surface area contributed by atoms with Crippen molar-refractivity contribution in [2.24, 2.45) is 0 Å². The number of aromatic amines is 1. The summed E-state index contributed by atoms with van der Waals surface area (Å²) in [5.41, 5.74) is 1.45. The molecule has 1 heterocycles. The van der Waals surface area contributed by atoms with Crippen LogP contribution in [-0.2, 0) is 6.54 Å². The molecule has 0 saturated heterocycles. The van der Waals surface area contributed by atoms with E-state index in [-0.39, 0.29) is 11.7 Å². The van der Waals surface area contributed by atoms with Crippen LogP contribution in [0.2, 0.25) is 0 Å². The Morgan fingerprint density at radius 3 is 2.62 bits per heavy atom. The van der Waals surface area contributed by atoms with E-state index in [2.05, 4.69) is 10.3 Å². The fraction of sp³-hybridized carbons (Fsp3) is 0.0833. The summed E-state index contributed by atoms with van der Waals surface area (Å²) >= 11 is 0. The minimum absolute atomic E-state index is 0.207. The Hall–Kier alpha value is -2.10. The van der Waals surface area contributed by atoms with Crippen LogP contribution < -0.4 is 5.32 Å². The number of rotatable bonds is 3. The smallest absolute Gasteiger partial charge is 0.251 e. The zero-order valence-corrected chi connectivity index (χ0v) is 8.53. The largest absolute Gasteiger partial charge is 0.367 e. The zero-order valence-electron chi connectivity index (χ0n) is 8.53. The number of amides is 1. The summed E-state index contributed by atoms with van der Waals surface area (Å²) in [5.74, 6) is -0.552. The lowest BCUT2D eigenvalue weighted by Crippen LogP contribution is -2.22. The van der Waals surface area contributed by atoms with E-state index in [1.54, 1.807) is 6.20 Å². The molecule has 0 unspecified atom stereocenters. The number of nitrogens with one attached hydrogen (secondary N) is 2. The van der Waals surface area contributed by atoms with Crippen LogP contribution in [0.15, 0.2) is 42.7 Å². The van der Waals surface area contributed by atoms with Crippen LogP contribution in [-0.4, -0.2) is 10.9 Å². The molecule has 0 aliphatic rings. The van der Waals surface area contributed by atoms with Crippen molar-refractivity contribution in [3.8, 4) is 0 Å². The Morgan fingerprint density at radius 1 is 1.25 bits per heavy atom. The maximum Gasteiger partial charge on any atom is 0.251 e. The quantitative estimate of drug-likeness (QED) is 0.814. The van der Waals surface area contributed by atoms with Crippen molar-refractivity contribution < 1.29 is 9.18 Å². The van der Waals surface area contributed by atoms with Gasteiger partial charge in [-0.15, -0.1) is 0 Å². The molecule has 2 rings (SSSR count). The molecule has 0 radical (unpaired) electrons. The number of aromatic nitrogens is 1. The lowest BCUT2D eigenvalue weighted by Gasteiger charge is -2.03. The molecule has 4 heteroatoms. The summed E-state index contributed by atoms with van der Waals surface area (Å²) in [6, 6.07) is 7.34. The van der Waals surface area contributed by atoms with E-state index in [1.165, 1.54) is 24.3 Å².